The van der Waals surface area contributed by atoms with Crippen LogP contribution >= 0.6 is 11.6 Å². The van der Waals surface area contributed by atoms with Crippen molar-refractivity contribution < 1.29 is 13.9 Å². The second kappa shape index (κ2) is 6.24. The Morgan fingerprint density at radius 2 is 2.29 bits per heavy atom. The molecule has 0 unspecified atom stereocenters. The predicted octanol–water partition coefficient (Wildman–Crippen LogP) is 2.55. The van der Waals surface area contributed by atoms with Crippen LogP contribution < -0.4 is 4.90 Å². The molecule has 3 rings (SSSR count). The molecule has 0 aromatic carbocycles. The number of carbonyl (C=O) groups is 1. The van der Waals surface area contributed by atoms with Crippen molar-refractivity contribution in [2.24, 2.45) is 0 Å². The van der Waals surface area contributed by atoms with Crippen LogP contribution in [0.1, 0.15) is 23.4 Å². The van der Waals surface area contributed by atoms with Gasteiger partial charge in [-0.1, -0.05) is 0 Å². The number of ether oxygens (including phenoxy) is 1. The first-order valence-electron chi connectivity index (χ1n) is 6.69. The maximum Gasteiger partial charge on any atom is 0.294 e. The molecule has 7 heteroatoms. The average Bonchev–Trinajstić information content (AvgIpc) is 3.16. The van der Waals surface area contributed by atoms with Gasteiger partial charge in [0.2, 0.25) is 0 Å². The number of halogens is 1. The lowest BCUT2D eigenvalue weighted by Gasteiger charge is -2.24. The Balaban J connectivity index is 1.86. The highest BCUT2D eigenvalue weighted by molar-refractivity contribution is 6.29. The van der Waals surface area contributed by atoms with Gasteiger partial charge in [-0.2, -0.15) is 10.2 Å². The molecule has 1 atom stereocenters. The van der Waals surface area contributed by atoms with Crippen molar-refractivity contribution in [3.63, 3.8) is 0 Å². The van der Waals surface area contributed by atoms with Crippen LogP contribution in [0.5, 0.6) is 0 Å². The Kier molecular flexibility index (Phi) is 4.17. The minimum atomic E-state index is -0.273. The van der Waals surface area contributed by atoms with Crippen molar-refractivity contribution in [1.82, 2.24) is 10.2 Å². The van der Waals surface area contributed by atoms with Gasteiger partial charge >= 0.3 is 0 Å². The summed E-state index contributed by atoms with van der Waals surface area (Å²) in [7, 11) is 0. The zero-order chi connectivity index (χ0) is 14.7. The number of carbonyl (C=O) groups excluding carboxylic acids is 1. The van der Waals surface area contributed by atoms with Crippen LogP contribution in [0.2, 0.25) is 5.22 Å². The Hall–Kier alpha value is -1.92. The fourth-order valence-electron chi connectivity index (χ4n) is 2.30. The van der Waals surface area contributed by atoms with Crippen LogP contribution in [0.4, 0.5) is 5.69 Å². The molecule has 0 spiro atoms. The summed E-state index contributed by atoms with van der Waals surface area (Å²) in [6, 6.07) is 4.83. The second-order valence-corrected chi connectivity index (χ2v) is 5.13. The molecule has 1 aliphatic rings. The van der Waals surface area contributed by atoms with Crippen molar-refractivity contribution in [2.45, 2.75) is 18.9 Å². The summed E-state index contributed by atoms with van der Waals surface area (Å²) in [6.07, 6.45) is 5.04. The minimum absolute atomic E-state index is 0.0209. The Labute approximate surface area is 126 Å². The zero-order valence-electron chi connectivity index (χ0n) is 11.2. The molecule has 3 heterocycles. The first-order valence-corrected chi connectivity index (χ1v) is 7.07. The smallest absolute Gasteiger partial charge is 0.294 e. The summed E-state index contributed by atoms with van der Waals surface area (Å²) in [4.78, 5) is 14.2. The van der Waals surface area contributed by atoms with E-state index >= 15 is 0 Å². The molecule has 0 N–H and O–H groups in total. The Morgan fingerprint density at radius 3 is 2.90 bits per heavy atom. The van der Waals surface area contributed by atoms with Crippen molar-refractivity contribution >= 4 is 23.2 Å². The average molecular weight is 308 g/mol. The van der Waals surface area contributed by atoms with Crippen LogP contribution in [0.25, 0.3) is 0 Å². The number of anilines is 1. The minimum Gasteiger partial charge on any atom is -0.440 e. The van der Waals surface area contributed by atoms with Crippen molar-refractivity contribution in [2.75, 3.05) is 18.1 Å². The molecule has 1 amide bonds. The molecule has 2 aromatic rings. The van der Waals surface area contributed by atoms with Crippen molar-refractivity contribution in [3.8, 4) is 0 Å². The number of rotatable bonds is 4. The van der Waals surface area contributed by atoms with Gasteiger partial charge < -0.3 is 14.1 Å². The number of furan rings is 1. The van der Waals surface area contributed by atoms with Gasteiger partial charge in [-0.25, -0.2) is 0 Å². The SMILES string of the molecule is O=C(c1ccc(Cl)o1)N(C[C@H]1CCCO1)c1ccnnc1. The number of nitrogens with zero attached hydrogens (tertiary/aromatic N) is 3. The molecule has 2 aromatic heterocycles. The number of hydrogen-bond acceptors (Lipinski definition) is 5. The quantitative estimate of drug-likeness (QED) is 0.868. The van der Waals surface area contributed by atoms with E-state index in [4.69, 9.17) is 20.8 Å². The summed E-state index contributed by atoms with van der Waals surface area (Å²) < 4.78 is 10.8. The van der Waals surface area contributed by atoms with Crippen molar-refractivity contribution in [1.29, 1.82) is 0 Å². The van der Waals surface area contributed by atoms with E-state index in [1.807, 2.05) is 0 Å². The summed E-state index contributed by atoms with van der Waals surface area (Å²) in [5.41, 5.74) is 0.651. The zero-order valence-corrected chi connectivity index (χ0v) is 12.0. The maximum absolute atomic E-state index is 12.6. The van der Waals surface area contributed by atoms with Gasteiger partial charge in [-0.15, -0.1) is 0 Å². The number of aromatic nitrogens is 2. The molecule has 1 saturated heterocycles. The fourth-order valence-corrected chi connectivity index (χ4v) is 2.45. The van der Waals surface area contributed by atoms with E-state index in [-0.39, 0.29) is 23.0 Å². The van der Waals surface area contributed by atoms with Crippen LogP contribution in [-0.2, 0) is 4.74 Å². The van der Waals surface area contributed by atoms with E-state index in [2.05, 4.69) is 10.2 Å². The third-order valence-electron chi connectivity index (χ3n) is 3.32. The Bertz CT molecular complexity index is 611. The Morgan fingerprint density at radius 1 is 1.38 bits per heavy atom. The van der Waals surface area contributed by atoms with E-state index in [1.54, 1.807) is 29.3 Å². The summed E-state index contributed by atoms with van der Waals surface area (Å²) >= 11 is 5.74. The lowest BCUT2D eigenvalue weighted by molar-refractivity contribution is 0.0895. The van der Waals surface area contributed by atoms with Gasteiger partial charge in [0.15, 0.2) is 11.0 Å². The monoisotopic (exact) mass is 307 g/mol. The molecule has 0 saturated carbocycles. The molecular weight excluding hydrogens is 294 g/mol. The molecular formula is C14H14ClN3O3. The molecule has 110 valence electrons. The standard InChI is InChI=1S/C14H14ClN3O3/c15-13-4-3-12(21-13)14(19)18(9-11-2-1-7-20-11)10-5-6-16-17-8-10/h3-6,8,11H,1-2,7,9H2/t11-/m1/s1. The molecule has 1 aliphatic heterocycles. The van der Waals surface area contributed by atoms with E-state index < -0.39 is 0 Å². The number of amides is 1. The summed E-state index contributed by atoms with van der Waals surface area (Å²) in [6.45, 7) is 1.18. The van der Waals surface area contributed by atoms with E-state index in [9.17, 15) is 4.79 Å². The topological polar surface area (TPSA) is 68.5 Å². The highest BCUT2D eigenvalue weighted by atomic mass is 35.5. The molecule has 6 nitrogen and oxygen atoms in total. The lowest BCUT2D eigenvalue weighted by atomic mass is 10.2. The van der Waals surface area contributed by atoms with Gasteiger partial charge in [-0.3, -0.25) is 4.79 Å². The first kappa shape index (κ1) is 14.0. The summed E-state index contributed by atoms with van der Waals surface area (Å²) in [5, 5.41) is 7.74. The van der Waals surface area contributed by atoms with Gasteiger partial charge in [0, 0.05) is 6.61 Å². The van der Waals surface area contributed by atoms with Crippen LogP contribution in [0, 0.1) is 0 Å². The first-order chi connectivity index (χ1) is 10.2. The van der Waals surface area contributed by atoms with Crippen LogP contribution in [-0.4, -0.2) is 35.4 Å². The van der Waals surface area contributed by atoms with Crippen LogP contribution in [0.15, 0.2) is 35.0 Å². The van der Waals surface area contributed by atoms with Crippen molar-refractivity contribution in [3.05, 3.63) is 41.6 Å². The highest BCUT2D eigenvalue weighted by Gasteiger charge is 2.26. The molecule has 0 radical (unpaired) electrons. The van der Waals surface area contributed by atoms with Gasteiger partial charge in [0.25, 0.3) is 5.91 Å². The lowest BCUT2D eigenvalue weighted by Crippen LogP contribution is -2.37. The third-order valence-corrected chi connectivity index (χ3v) is 3.52. The van der Waals surface area contributed by atoms with E-state index in [0.717, 1.165) is 19.4 Å². The largest absolute Gasteiger partial charge is 0.440 e. The van der Waals surface area contributed by atoms with E-state index in [0.29, 0.717) is 12.2 Å². The molecule has 0 aliphatic carbocycles. The highest BCUT2D eigenvalue weighted by Crippen LogP contribution is 2.22. The van der Waals surface area contributed by atoms with Gasteiger partial charge in [0.05, 0.1) is 30.7 Å². The van der Waals surface area contributed by atoms with Gasteiger partial charge in [-0.05, 0) is 42.6 Å². The maximum atomic E-state index is 12.6. The fraction of sp³-hybridized carbons (Fsp3) is 0.357. The number of hydrogen-bond donors (Lipinski definition) is 0. The molecule has 0 bridgehead atoms. The summed E-state index contributed by atoms with van der Waals surface area (Å²) in [5.74, 6) is -0.0831. The molecule has 21 heavy (non-hydrogen) atoms. The van der Waals surface area contributed by atoms with E-state index in [1.165, 1.54) is 6.20 Å². The predicted molar refractivity (Wildman–Crippen MR) is 76.4 cm³/mol. The van der Waals surface area contributed by atoms with Gasteiger partial charge in [0.1, 0.15) is 0 Å². The third kappa shape index (κ3) is 3.22. The molecule has 1 fully saturated rings. The second-order valence-electron chi connectivity index (χ2n) is 4.76. The normalized spacial score (nSPS) is 17.9. The van der Waals surface area contributed by atoms with Crippen LogP contribution in [0.3, 0.4) is 0 Å².